The Morgan fingerprint density at radius 2 is 1.70 bits per heavy atom. The first-order chi connectivity index (χ1) is 12.5. The van der Waals surface area contributed by atoms with E-state index in [9.17, 15) is 0 Å². The number of hydrogen-bond donors (Lipinski definition) is 2. The lowest BCUT2D eigenvalue weighted by Gasteiger charge is -2.16. The Balaban J connectivity index is 0.00000364. The molecule has 0 heterocycles. The van der Waals surface area contributed by atoms with Gasteiger partial charge < -0.3 is 20.3 Å². The van der Waals surface area contributed by atoms with E-state index in [0.717, 1.165) is 23.8 Å². The standard InChI is InChI=1S/C21H30N4O.HI/c1-6-26-20-13-16(2)7-10-18(20)15-24-21(22-3)23-14-17-8-11-19(12-9-17)25(4)5;/h7-13H,6,14-15H2,1-5H3,(H2,22,23,24);1H. The second-order valence-electron chi connectivity index (χ2n) is 6.38. The van der Waals surface area contributed by atoms with Gasteiger partial charge in [0.25, 0.3) is 0 Å². The normalized spacial score (nSPS) is 10.8. The van der Waals surface area contributed by atoms with Gasteiger partial charge in [0.05, 0.1) is 6.61 Å². The molecule has 0 fully saturated rings. The van der Waals surface area contributed by atoms with E-state index in [1.807, 2.05) is 21.0 Å². The second-order valence-corrected chi connectivity index (χ2v) is 6.38. The van der Waals surface area contributed by atoms with E-state index in [1.165, 1.54) is 16.8 Å². The van der Waals surface area contributed by atoms with Gasteiger partial charge in [-0.2, -0.15) is 0 Å². The minimum atomic E-state index is 0. The van der Waals surface area contributed by atoms with Crippen LogP contribution in [-0.2, 0) is 13.1 Å². The van der Waals surface area contributed by atoms with Crippen LogP contribution in [0.3, 0.4) is 0 Å². The molecule has 148 valence electrons. The fraction of sp³-hybridized carbons (Fsp3) is 0.381. The van der Waals surface area contributed by atoms with Crippen molar-refractivity contribution >= 4 is 35.6 Å². The fourth-order valence-electron chi connectivity index (χ4n) is 2.59. The molecule has 0 amide bonds. The van der Waals surface area contributed by atoms with Crippen LogP contribution in [-0.4, -0.2) is 33.7 Å². The molecule has 0 spiro atoms. The Kier molecular flexibility index (Phi) is 9.99. The lowest BCUT2D eigenvalue weighted by molar-refractivity contribution is 0.336. The molecule has 0 aromatic heterocycles. The van der Waals surface area contributed by atoms with Crippen molar-refractivity contribution in [2.45, 2.75) is 26.9 Å². The fourth-order valence-corrected chi connectivity index (χ4v) is 2.59. The number of rotatable bonds is 7. The van der Waals surface area contributed by atoms with Crippen LogP contribution < -0.4 is 20.3 Å². The predicted molar refractivity (Wildman–Crippen MR) is 126 cm³/mol. The molecule has 2 aromatic carbocycles. The molecule has 2 aromatic rings. The summed E-state index contributed by atoms with van der Waals surface area (Å²) in [5, 5.41) is 6.71. The number of hydrogen-bond acceptors (Lipinski definition) is 3. The molecule has 0 aliphatic carbocycles. The molecule has 0 saturated heterocycles. The number of benzene rings is 2. The average Bonchev–Trinajstić information content (AvgIpc) is 2.64. The SMILES string of the molecule is CCOc1cc(C)ccc1CNC(=NC)NCc1ccc(N(C)C)cc1.I. The summed E-state index contributed by atoms with van der Waals surface area (Å²) < 4.78 is 5.74. The largest absolute Gasteiger partial charge is 0.494 e. The van der Waals surface area contributed by atoms with Gasteiger partial charge in [-0.3, -0.25) is 4.99 Å². The van der Waals surface area contributed by atoms with Crippen molar-refractivity contribution in [1.29, 1.82) is 0 Å². The van der Waals surface area contributed by atoms with Crippen molar-refractivity contribution < 1.29 is 4.74 Å². The lowest BCUT2D eigenvalue weighted by Crippen LogP contribution is -2.36. The highest BCUT2D eigenvalue weighted by molar-refractivity contribution is 14.0. The summed E-state index contributed by atoms with van der Waals surface area (Å²) in [6.07, 6.45) is 0. The molecule has 0 aliphatic rings. The van der Waals surface area contributed by atoms with Gasteiger partial charge >= 0.3 is 0 Å². The summed E-state index contributed by atoms with van der Waals surface area (Å²) in [5.74, 6) is 1.69. The van der Waals surface area contributed by atoms with Crippen molar-refractivity contribution in [2.24, 2.45) is 4.99 Å². The molecule has 2 N–H and O–H groups in total. The van der Waals surface area contributed by atoms with Crippen molar-refractivity contribution in [2.75, 3.05) is 32.6 Å². The third-order valence-corrected chi connectivity index (χ3v) is 4.11. The number of ether oxygens (including phenoxy) is 1. The predicted octanol–water partition coefficient (Wildman–Crippen LogP) is 3.94. The molecule has 0 radical (unpaired) electrons. The average molecular weight is 482 g/mol. The zero-order chi connectivity index (χ0) is 18.9. The van der Waals surface area contributed by atoms with Crippen LogP contribution in [0.4, 0.5) is 5.69 Å². The summed E-state index contributed by atoms with van der Waals surface area (Å²) in [5.41, 5.74) is 4.72. The Morgan fingerprint density at radius 3 is 2.30 bits per heavy atom. The first kappa shape index (κ1) is 23.1. The number of aryl methyl sites for hydroxylation is 1. The second kappa shape index (κ2) is 11.7. The quantitative estimate of drug-likeness (QED) is 0.357. The monoisotopic (exact) mass is 482 g/mol. The number of guanidine groups is 1. The zero-order valence-electron chi connectivity index (χ0n) is 16.9. The maximum absolute atomic E-state index is 5.74. The van der Waals surface area contributed by atoms with E-state index in [0.29, 0.717) is 13.2 Å². The first-order valence-corrected chi connectivity index (χ1v) is 8.96. The van der Waals surface area contributed by atoms with Gasteiger partial charge in [-0.15, -0.1) is 24.0 Å². The van der Waals surface area contributed by atoms with Crippen molar-refractivity contribution in [3.63, 3.8) is 0 Å². The summed E-state index contributed by atoms with van der Waals surface area (Å²) in [4.78, 5) is 6.40. The summed E-state index contributed by atoms with van der Waals surface area (Å²) in [6, 6.07) is 14.8. The Morgan fingerprint density at radius 1 is 1.04 bits per heavy atom. The van der Waals surface area contributed by atoms with Gasteiger partial charge in [-0.25, -0.2) is 0 Å². The van der Waals surface area contributed by atoms with Gasteiger partial charge in [-0.1, -0.05) is 24.3 Å². The van der Waals surface area contributed by atoms with Crippen molar-refractivity contribution in [3.05, 3.63) is 59.2 Å². The Bertz CT molecular complexity index is 729. The summed E-state index contributed by atoms with van der Waals surface area (Å²) >= 11 is 0. The topological polar surface area (TPSA) is 48.9 Å². The number of nitrogens with one attached hydrogen (secondary N) is 2. The van der Waals surface area contributed by atoms with E-state index < -0.39 is 0 Å². The van der Waals surface area contributed by atoms with E-state index in [1.54, 1.807) is 7.05 Å². The minimum Gasteiger partial charge on any atom is -0.494 e. The van der Waals surface area contributed by atoms with Crippen LogP contribution in [0.15, 0.2) is 47.5 Å². The minimum absolute atomic E-state index is 0. The van der Waals surface area contributed by atoms with Gasteiger partial charge in [0.1, 0.15) is 5.75 Å². The van der Waals surface area contributed by atoms with Gasteiger partial charge in [0.2, 0.25) is 0 Å². The van der Waals surface area contributed by atoms with E-state index in [-0.39, 0.29) is 24.0 Å². The molecule has 0 unspecified atom stereocenters. The smallest absolute Gasteiger partial charge is 0.191 e. The van der Waals surface area contributed by atoms with Crippen LogP contribution in [0.2, 0.25) is 0 Å². The molecular formula is C21H31IN4O. The van der Waals surface area contributed by atoms with Crippen molar-refractivity contribution in [3.8, 4) is 5.75 Å². The van der Waals surface area contributed by atoms with E-state index in [2.05, 4.69) is 69.9 Å². The summed E-state index contributed by atoms with van der Waals surface area (Å²) in [6.45, 7) is 6.12. The van der Waals surface area contributed by atoms with Crippen LogP contribution in [0, 0.1) is 6.92 Å². The van der Waals surface area contributed by atoms with E-state index in [4.69, 9.17) is 4.74 Å². The molecule has 0 atom stereocenters. The molecule has 27 heavy (non-hydrogen) atoms. The van der Waals surface area contributed by atoms with Gasteiger partial charge in [0.15, 0.2) is 5.96 Å². The number of halogens is 1. The first-order valence-electron chi connectivity index (χ1n) is 8.96. The Labute approximate surface area is 180 Å². The molecule has 0 aliphatic heterocycles. The molecule has 6 heteroatoms. The van der Waals surface area contributed by atoms with Crippen molar-refractivity contribution in [1.82, 2.24) is 10.6 Å². The van der Waals surface area contributed by atoms with Gasteiger partial charge in [-0.05, 0) is 43.2 Å². The highest BCUT2D eigenvalue weighted by Crippen LogP contribution is 2.20. The van der Waals surface area contributed by atoms with Crippen LogP contribution in [0.1, 0.15) is 23.6 Å². The van der Waals surface area contributed by atoms with E-state index >= 15 is 0 Å². The third-order valence-electron chi connectivity index (χ3n) is 4.11. The highest BCUT2D eigenvalue weighted by atomic mass is 127. The maximum Gasteiger partial charge on any atom is 0.191 e. The molecular weight excluding hydrogens is 451 g/mol. The van der Waals surface area contributed by atoms with Crippen LogP contribution >= 0.6 is 24.0 Å². The molecule has 5 nitrogen and oxygen atoms in total. The molecule has 0 saturated carbocycles. The number of anilines is 1. The Hall–Kier alpha value is -1.96. The lowest BCUT2D eigenvalue weighted by atomic mass is 10.1. The zero-order valence-corrected chi connectivity index (χ0v) is 19.2. The van der Waals surface area contributed by atoms with Crippen LogP contribution in [0.5, 0.6) is 5.75 Å². The molecule has 2 rings (SSSR count). The number of nitrogens with zero attached hydrogens (tertiary/aromatic N) is 2. The highest BCUT2D eigenvalue weighted by Gasteiger charge is 2.06. The van der Waals surface area contributed by atoms with Gasteiger partial charge in [0, 0.05) is 45.5 Å². The number of aliphatic imine (C=N–C) groups is 1. The molecule has 0 bridgehead atoms. The maximum atomic E-state index is 5.74. The summed E-state index contributed by atoms with van der Waals surface area (Å²) in [7, 11) is 5.87. The third kappa shape index (κ3) is 7.28. The van der Waals surface area contributed by atoms with Crippen LogP contribution in [0.25, 0.3) is 0 Å².